The Morgan fingerprint density at radius 3 is 1.75 bits per heavy atom. The lowest BCUT2D eigenvalue weighted by Gasteiger charge is -2.31. The van der Waals surface area contributed by atoms with Crippen LogP contribution in [0.1, 0.15) is 20.8 Å². The van der Waals surface area contributed by atoms with E-state index in [1.165, 1.54) is 5.30 Å². The number of hydrogen-bond donors (Lipinski definition) is 0. The van der Waals surface area contributed by atoms with E-state index in [0.717, 1.165) is 0 Å². The zero-order chi connectivity index (χ0) is 14.8. The second-order valence-electron chi connectivity index (χ2n) is 6.11. The van der Waals surface area contributed by atoms with E-state index in [1.54, 1.807) is 10.6 Å². The summed E-state index contributed by atoms with van der Waals surface area (Å²) in [7, 11) is -0.399. The second-order valence-corrected chi connectivity index (χ2v) is 11.2. The van der Waals surface area contributed by atoms with Gasteiger partial charge in [-0.2, -0.15) is 0 Å². The Kier molecular flexibility index (Phi) is 5.00. The molecule has 2 aromatic carbocycles. The van der Waals surface area contributed by atoms with Gasteiger partial charge in [0.2, 0.25) is 0 Å². The first-order chi connectivity index (χ1) is 9.41. The van der Waals surface area contributed by atoms with E-state index in [-0.39, 0.29) is 15.8 Å². The summed E-state index contributed by atoms with van der Waals surface area (Å²) in [4.78, 5) is 0. The zero-order valence-electron chi connectivity index (χ0n) is 13.1. The SMILES string of the molecule is CP(c1ccccc1)c1ccccc1P(C)C(C)(C)C. The first-order valence-electron chi connectivity index (χ1n) is 7.03. The van der Waals surface area contributed by atoms with Crippen molar-refractivity contribution in [1.29, 1.82) is 0 Å². The first-order valence-corrected chi connectivity index (χ1v) is 10.6. The van der Waals surface area contributed by atoms with Crippen LogP contribution in [0.15, 0.2) is 54.6 Å². The molecule has 0 fully saturated rings. The predicted octanol–water partition coefficient (Wildman–Crippen LogP) is 4.28. The van der Waals surface area contributed by atoms with Crippen LogP contribution in [0.2, 0.25) is 0 Å². The molecule has 0 saturated heterocycles. The van der Waals surface area contributed by atoms with Crippen LogP contribution < -0.4 is 15.9 Å². The van der Waals surface area contributed by atoms with Crippen LogP contribution >= 0.6 is 15.8 Å². The minimum Gasteiger partial charge on any atom is -0.0723 e. The monoisotopic (exact) mass is 302 g/mol. The van der Waals surface area contributed by atoms with Crippen molar-refractivity contribution in [1.82, 2.24) is 0 Å². The largest absolute Gasteiger partial charge is 0.0723 e. The van der Waals surface area contributed by atoms with Gasteiger partial charge in [0.25, 0.3) is 0 Å². The maximum atomic E-state index is 2.42. The fraction of sp³-hybridized carbons (Fsp3) is 0.333. The minimum atomic E-state index is -0.255. The summed E-state index contributed by atoms with van der Waals surface area (Å²) in [5.41, 5.74) is 0. The van der Waals surface area contributed by atoms with Crippen molar-refractivity contribution in [2.75, 3.05) is 13.3 Å². The minimum absolute atomic E-state index is 0.144. The van der Waals surface area contributed by atoms with Gasteiger partial charge in [0, 0.05) is 0 Å². The van der Waals surface area contributed by atoms with Crippen molar-refractivity contribution in [3.63, 3.8) is 0 Å². The third-order valence-corrected chi connectivity index (χ3v) is 9.24. The molecule has 0 aliphatic rings. The highest BCUT2D eigenvalue weighted by atomic mass is 31.1. The molecule has 0 amide bonds. The maximum absolute atomic E-state index is 2.42. The molecule has 0 aromatic heterocycles. The number of hydrogen-bond acceptors (Lipinski definition) is 0. The smallest absolute Gasteiger partial charge is 0.0121 e. The van der Waals surface area contributed by atoms with E-state index in [0.29, 0.717) is 5.16 Å². The number of benzene rings is 2. The third-order valence-electron chi connectivity index (χ3n) is 3.75. The van der Waals surface area contributed by atoms with Crippen molar-refractivity contribution in [2.24, 2.45) is 0 Å². The fourth-order valence-electron chi connectivity index (χ4n) is 2.18. The molecular weight excluding hydrogens is 278 g/mol. The van der Waals surface area contributed by atoms with Crippen LogP contribution in [0.3, 0.4) is 0 Å². The summed E-state index contributed by atoms with van der Waals surface area (Å²) in [5.74, 6) is 0. The van der Waals surface area contributed by atoms with Gasteiger partial charge < -0.3 is 0 Å². The van der Waals surface area contributed by atoms with Crippen LogP contribution in [0.5, 0.6) is 0 Å². The van der Waals surface area contributed by atoms with E-state index >= 15 is 0 Å². The van der Waals surface area contributed by atoms with Gasteiger partial charge in [-0.25, -0.2) is 0 Å². The molecule has 0 nitrogen and oxygen atoms in total. The van der Waals surface area contributed by atoms with Gasteiger partial charge in [-0.05, 0) is 42.3 Å². The Labute approximate surface area is 126 Å². The molecule has 0 spiro atoms. The lowest BCUT2D eigenvalue weighted by molar-refractivity contribution is 0.791. The van der Waals surface area contributed by atoms with E-state index in [4.69, 9.17) is 0 Å². The molecule has 0 bridgehead atoms. The average Bonchev–Trinajstić information content (AvgIpc) is 2.45. The van der Waals surface area contributed by atoms with E-state index < -0.39 is 0 Å². The van der Waals surface area contributed by atoms with Gasteiger partial charge in [0.1, 0.15) is 0 Å². The van der Waals surface area contributed by atoms with Gasteiger partial charge in [-0.15, -0.1) is 0 Å². The molecule has 0 aliphatic heterocycles. The molecule has 2 aromatic rings. The Morgan fingerprint density at radius 1 is 0.700 bits per heavy atom. The van der Waals surface area contributed by atoms with Gasteiger partial charge in [0.05, 0.1) is 0 Å². The van der Waals surface area contributed by atoms with Crippen molar-refractivity contribution < 1.29 is 0 Å². The van der Waals surface area contributed by atoms with Crippen LogP contribution in [-0.4, -0.2) is 18.5 Å². The van der Waals surface area contributed by atoms with Crippen LogP contribution in [0, 0.1) is 0 Å². The summed E-state index contributed by atoms with van der Waals surface area (Å²) in [5, 5.41) is 4.95. The second kappa shape index (κ2) is 6.38. The molecule has 0 saturated carbocycles. The van der Waals surface area contributed by atoms with Crippen LogP contribution in [0.4, 0.5) is 0 Å². The van der Waals surface area contributed by atoms with Gasteiger partial charge >= 0.3 is 0 Å². The normalized spacial score (nSPS) is 14.8. The summed E-state index contributed by atoms with van der Waals surface area (Å²) >= 11 is 0. The summed E-state index contributed by atoms with van der Waals surface area (Å²) in [6, 6.07) is 20.0. The Morgan fingerprint density at radius 2 is 1.20 bits per heavy atom. The van der Waals surface area contributed by atoms with Crippen LogP contribution in [0.25, 0.3) is 0 Å². The fourth-order valence-corrected chi connectivity index (χ4v) is 6.16. The van der Waals surface area contributed by atoms with Crippen molar-refractivity contribution >= 4 is 31.8 Å². The lowest BCUT2D eigenvalue weighted by Crippen LogP contribution is -2.30. The summed E-state index contributed by atoms with van der Waals surface area (Å²) in [6.07, 6.45) is 0. The van der Waals surface area contributed by atoms with E-state index in [9.17, 15) is 0 Å². The first kappa shape index (κ1) is 15.7. The molecule has 0 radical (unpaired) electrons. The molecule has 0 heterocycles. The van der Waals surface area contributed by atoms with Crippen molar-refractivity contribution in [3.05, 3.63) is 54.6 Å². The van der Waals surface area contributed by atoms with Crippen LogP contribution in [-0.2, 0) is 0 Å². The highest BCUT2D eigenvalue weighted by Crippen LogP contribution is 2.46. The topological polar surface area (TPSA) is 0 Å². The Balaban J connectivity index is 2.43. The molecule has 2 atom stereocenters. The Hall–Kier alpha value is -0.700. The zero-order valence-corrected chi connectivity index (χ0v) is 14.9. The Bertz CT molecular complexity index is 555. The third kappa shape index (κ3) is 3.49. The molecule has 2 heteroatoms. The molecule has 20 heavy (non-hydrogen) atoms. The maximum Gasteiger partial charge on any atom is -0.0121 e. The van der Waals surface area contributed by atoms with E-state index in [2.05, 4.69) is 88.7 Å². The predicted molar refractivity (Wildman–Crippen MR) is 97.2 cm³/mol. The number of rotatable bonds is 3. The average molecular weight is 302 g/mol. The van der Waals surface area contributed by atoms with Gasteiger partial charge in [-0.3, -0.25) is 0 Å². The van der Waals surface area contributed by atoms with Gasteiger partial charge in [0.15, 0.2) is 0 Å². The quantitative estimate of drug-likeness (QED) is 0.742. The molecular formula is C18H24P2. The van der Waals surface area contributed by atoms with Crippen molar-refractivity contribution in [3.8, 4) is 0 Å². The van der Waals surface area contributed by atoms with Crippen molar-refractivity contribution in [2.45, 2.75) is 25.9 Å². The van der Waals surface area contributed by atoms with Gasteiger partial charge in [-0.1, -0.05) is 83.3 Å². The summed E-state index contributed by atoms with van der Waals surface area (Å²) in [6.45, 7) is 11.9. The standard InChI is InChI=1S/C18H24P2/c1-18(2,3)20(5)17-14-10-9-13-16(17)19(4)15-11-7-6-8-12-15/h6-14H,1-5H3. The highest BCUT2D eigenvalue weighted by molar-refractivity contribution is 7.76. The molecule has 2 unspecified atom stereocenters. The highest BCUT2D eigenvalue weighted by Gasteiger charge is 2.24. The summed E-state index contributed by atoms with van der Waals surface area (Å²) < 4.78 is 0. The molecule has 2 rings (SSSR count). The molecule has 0 N–H and O–H groups in total. The molecule has 106 valence electrons. The lowest BCUT2D eigenvalue weighted by atomic mass is 10.3. The molecule has 0 aliphatic carbocycles. The van der Waals surface area contributed by atoms with E-state index in [1.807, 2.05) is 0 Å².